The molecule has 0 bridgehead atoms. The molecule has 0 saturated heterocycles. The minimum absolute atomic E-state index is 0.0969. The third-order valence-corrected chi connectivity index (χ3v) is 3.55. The number of carbonyl (C=O) groups excluding carboxylic acids is 2. The number of hydrogen-bond donors (Lipinski definition) is 1. The van der Waals surface area contributed by atoms with Crippen LogP contribution in [0.4, 0.5) is 11.5 Å². The van der Waals surface area contributed by atoms with Gasteiger partial charge < -0.3 is 10.1 Å². The fourth-order valence-corrected chi connectivity index (χ4v) is 2.04. The van der Waals surface area contributed by atoms with Gasteiger partial charge in [-0.2, -0.15) is 0 Å². The summed E-state index contributed by atoms with van der Waals surface area (Å²) in [5.74, 6) is -1.28. The van der Waals surface area contributed by atoms with E-state index in [1.165, 1.54) is 37.4 Å². The number of pyridine rings is 1. The van der Waals surface area contributed by atoms with Gasteiger partial charge in [-0.3, -0.25) is 14.9 Å². The van der Waals surface area contributed by atoms with Crippen LogP contribution in [0, 0.1) is 10.1 Å². The van der Waals surface area contributed by atoms with Crippen molar-refractivity contribution in [1.82, 2.24) is 4.98 Å². The van der Waals surface area contributed by atoms with Gasteiger partial charge in [0.25, 0.3) is 11.6 Å². The van der Waals surface area contributed by atoms with E-state index < -0.39 is 28.6 Å². The van der Waals surface area contributed by atoms with Crippen molar-refractivity contribution in [2.75, 3.05) is 5.32 Å². The molecule has 1 heterocycles. The molecule has 0 aliphatic rings. The number of nitrogens with one attached hydrogen (secondary N) is 1. The summed E-state index contributed by atoms with van der Waals surface area (Å²) in [5.41, 5.74) is -0.529. The number of hydrogen-bond acceptors (Lipinski definition) is 6. The van der Waals surface area contributed by atoms with Gasteiger partial charge >= 0.3 is 5.97 Å². The number of halogens is 2. The van der Waals surface area contributed by atoms with E-state index in [9.17, 15) is 19.7 Å². The number of ether oxygens (including phenoxy) is 1. The van der Waals surface area contributed by atoms with Gasteiger partial charge in [0, 0.05) is 12.3 Å². The Morgan fingerprint density at radius 1 is 1.28 bits per heavy atom. The van der Waals surface area contributed by atoms with Crippen LogP contribution in [0.3, 0.4) is 0 Å². The van der Waals surface area contributed by atoms with Crippen molar-refractivity contribution in [3.05, 3.63) is 62.3 Å². The number of nitro groups is 1. The highest BCUT2D eigenvalue weighted by Crippen LogP contribution is 2.25. The van der Waals surface area contributed by atoms with Gasteiger partial charge in [-0.25, -0.2) is 9.78 Å². The van der Waals surface area contributed by atoms with Gasteiger partial charge in [0.2, 0.25) is 0 Å². The molecule has 0 aliphatic heterocycles. The number of nitro benzene ring substituents is 1. The second-order valence-electron chi connectivity index (χ2n) is 4.82. The standard InChI is InChI=1S/C15H11Cl2N3O5/c1-8(14(21)19-13-5-3-10(16)7-18-13)25-15(22)9-2-4-11(17)12(6-9)20(23)24/h2-8H,1H3,(H,18,19,21)/t8-/m1/s1. The first-order chi connectivity index (χ1) is 11.8. The molecule has 1 atom stereocenters. The molecule has 0 saturated carbocycles. The first-order valence-electron chi connectivity index (χ1n) is 6.85. The number of amides is 1. The van der Waals surface area contributed by atoms with Crippen LogP contribution in [0.15, 0.2) is 36.5 Å². The van der Waals surface area contributed by atoms with E-state index in [0.29, 0.717) is 5.02 Å². The number of rotatable bonds is 5. The van der Waals surface area contributed by atoms with E-state index in [0.717, 1.165) is 6.07 Å². The zero-order chi connectivity index (χ0) is 18.6. The highest BCUT2D eigenvalue weighted by molar-refractivity contribution is 6.32. The molecule has 0 unspecified atom stereocenters. The lowest BCUT2D eigenvalue weighted by Crippen LogP contribution is -2.30. The summed E-state index contributed by atoms with van der Waals surface area (Å²) in [6.45, 7) is 1.35. The summed E-state index contributed by atoms with van der Waals surface area (Å²) in [4.78, 5) is 38.1. The molecule has 10 heteroatoms. The molecule has 8 nitrogen and oxygen atoms in total. The molecule has 1 aromatic carbocycles. The summed E-state index contributed by atoms with van der Waals surface area (Å²) >= 11 is 11.4. The number of nitrogens with zero attached hydrogens (tertiary/aromatic N) is 2. The van der Waals surface area contributed by atoms with Gasteiger partial charge in [0.1, 0.15) is 10.8 Å². The van der Waals surface area contributed by atoms with Crippen LogP contribution in [0.2, 0.25) is 10.0 Å². The molecule has 2 aromatic rings. The molecule has 0 radical (unpaired) electrons. The van der Waals surface area contributed by atoms with Crippen LogP contribution in [0.5, 0.6) is 0 Å². The lowest BCUT2D eigenvalue weighted by atomic mass is 10.2. The third kappa shape index (κ3) is 4.88. The van der Waals surface area contributed by atoms with Crippen molar-refractivity contribution in [2.24, 2.45) is 0 Å². The van der Waals surface area contributed by atoms with Gasteiger partial charge in [0.15, 0.2) is 6.10 Å². The summed E-state index contributed by atoms with van der Waals surface area (Å²) in [7, 11) is 0. The van der Waals surface area contributed by atoms with E-state index >= 15 is 0 Å². The van der Waals surface area contributed by atoms with Crippen molar-refractivity contribution in [3.63, 3.8) is 0 Å². The second kappa shape index (κ2) is 7.91. The maximum absolute atomic E-state index is 12.0. The molecule has 1 amide bonds. The minimum atomic E-state index is -1.15. The fraction of sp³-hybridized carbons (Fsp3) is 0.133. The van der Waals surface area contributed by atoms with E-state index in [-0.39, 0.29) is 16.4 Å². The Bertz CT molecular complexity index is 826. The molecule has 130 valence electrons. The van der Waals surface area contributed by atoms with E-state index in [1.54, 1.807) is 0 Å². The van der Waals surface area contributed by atoms with E-state index in [4.69, 9.17) is 27.9 Å². The molecular formula is C15H11Cl2N3O5. The normalized spacial score (nSPS) is 11.5. The third-order valence-electron chi connectivity index (χ3n) is 3.01. The summed E-state index contributed by atoms with van der Waals surface area (Å²) in [6.07, 6.45) is 0.195. The van der Waals surface area contributed by atoms with Crippen LogP contribution in [-0.4, -0.2) is 27.9 Å². The molecule has 1 N–H and O–H groups in total. The fourth-order valence-electron chi connectivity index (χ4n) is 1.74. The lowest BCUT2D eigenvalue weighted by Gasteiger charge is -2.13. The maximum Gasteiger partial charge on any atom is 0.339 e. The number of aromatic nitrogens is 1. The number of esters is 1. The predicted octanol–water partition coefficient (Wildman–Crippen LogP) is 3.48. The Morgan fingerprint density at radius 2 is 2.00 bits per heavy atom. The Hall–Kier alpha value is -2.71. The lowest BCUT2D eigenvalue weighted by molar-refractivity contribution is -0.384. The molecular weight excluding hydrogens is 373 g/mol. The van der Waals surface area contributed by atoms with Gasteiger partial charge in [-0.15, -0.1) is 0 Å². The Labute approximate surface area is 151 Å². The topological polar surface area (TPSA) is 111 Å². The van der Waals surface area contributed by atoms with Crippen LogP contribution in [0.1, 0.15) is 17.3 Å². The highest BCUT2D eigenvalue weighted by atomic mass is 35.5. The highest BCUT2D eigenvalue weighted by Gasteiger charge is 2.22. The van der Waals surface area contributed by atoms with Crippen molar-refractivity contribution >= 4 is 46.6 Å². The largest absolute Gasteiger partial charge is 0.449 e. The zero-order valence-corrected chi connectivity index (χ0v) is 14.2. The average Bonchev–Trinajstić information content (AvgIpc) is 2.56. The Balaban J connectivity index is 2.04. The Morgan fingerprint density at radius 3 is 2.60 bits per heavy atom. The molecule has 2 rings (SSSR count). The van der Waals surface area contributed by atoms with Crippen molar-refractivity contribution < 1.29 is 19.2 Å². The molecule has 0 aliphatic carbocycles. The van der Waals surface area contributed by atoms with Gasteiger partial charge in [0.05, 0.1) is 15.5 Å². The van der Waals surface area contributed by atoms with Crippen LogP contribution < -0.4 is 5.32 Å². The predicted molar refractivity (Wildman–Crippen MR) is 90.9 cm³/mol. The number of benzene rings is 1. The molecule has 0 spiro atoms. The summed E-state index contributed by atoms with van der Waals surface area (Å²) in [5, 5.41) is 13.6. The van der Waals surface area contributed by atoms with Crippen LogP contribution >= 0.6 is 23.2 Å². The van der Waals surface area contributed by atoms with Crippen LogP contribution in [0.25, 0.3) is 0 Å². The van der Waals surface area contributed by atoms with E-state index in [2.05, 4.69) is 10.3 Å². The number of carbonyl (C=O) groups is 2. The quantitative estimate of drug-likeness (QED) is 0.480. The minimum Gasteiger partial charge on any atom is -0.449 e. The molecule has 1 aromatic heterocycles. The maximum atomic E-state index is 12.0. The van der Waals surface area contributed by atoms with Gasteiger partial charge in [-0.1, -0.05) is 23.2 Å². The smallest absolute Gasteiger partial charge is 0.339 e. The second-order valence-corrected chi connectivity index (χ2v) is 5.67. The van der Waals surface area contributed by atoms with Crippen molar-refractivity contribution in [1.29, 1.82) is 0 Å². The number of anilines is 1. The summed E-state index contributed by atoms with van der Waals surface area (Å²) in [6, 6.07) is 6.47. The first kappa shape index (κ1) is 18.6. The average molecular weight is 384 g/mol. The zero-order valence-electron chi connectivity index (χ0n) is 12.7. The monoisotopic (exact) mass is 383 g/mol. The van der Waals surface area contributed by atoms with E-state index in [1.807, 2.05) is 0 Å². The van der Waals surface area contributed by atoms with Crippen molar-refractivity contribution in [3.8, 4) is 0 Å². The van der Waals surface area contributed by atoms with Crippen molar-refractivity contribution in [2.45, 2.75) is 13.0 Å². The summed E-state index contributed by atoms with van der Waals surface area (Å²) < 4.78 is 5.00. The molecule has 0 fully saturated rings. The molecule has 25 heavy (non-hydrogen) atoms. The van der Waals surface area contributed by atoms with Crippen LogP contribution in [-0.2, 0) is 9.53 Å². The first-order valence-corrected chi connectivity index (χ1v) is 7.61. The SMILES string of the molecule is C[C@@H](OC(=O)c1ccc(Cl)c([N+](=O)[O-])c1)C(=O)Nc1ccc(Cl)cn1. The Kier molecular flexibility index (Phi) is 5.89. The van der Waals surface area contributed by atoms with Gasteiger partial charge in [-0.05, 0) is 31.2 Å².